The molecule has 1 aromatic rings. The summed E-state index contributed by atoms with van der Waals surface area (Å²) in [7, 11) is 1.48. The first-order chi connectivity index (χ1) is 6.27. The highest BCUT2D eigenvalue weighted by atomic mass is 19.1. The molecular weight excluding hydrogens is 169 g/mol. The number of ether oxygens (including phenoxy) is 1. The quantitative estimate of drug-likeness (QED) is 0.715. The van der Waals surface area contributed by atoms with E-state index in [1.165, 1.54) is 19.4 Å². The third-order valence-corrected chi connectivity index (χ3v) is 1.59. The van der Waals surface area contributed by atoms with E-state index < -0.39 is 0 Å². The van der Waals surface area contributed by atoms with Gasteiger partial charge in [0, 0.05) is 6.07 Å². The SMILES string of the molecule is CC/C=C/c1ncc(OC)cc1F. The van der Waals surface area contributed by atoms with Gasteiger partial charge in [0.25, 0.3) is 0 Å². The molecule has 1 heterocycles. The number of pyridine rings is 1. The number of nitrogens with zero attached hydrogens (tertiary/aromatic N) is 1. The molecule has 0 bridgehead atoms. The summed E-state index contributed by atoms with van der Waals surface area (Å²) in [4.78, 5) is 3.90. The van der Waals surface area contributed by atoms with Gasteiger partial charge < -0.3 is 4.74 Å². The van der Waals surface area contributed by atoms with Gasteiger partial charge in [0.15, 0.2) is 5.82 Å². The molecule has 0 atom stereocenters. The van der Waals surface area contributed by atoms with E-state index in [1.54, 1.807) is 6.08 Å². The summed E-state index contributed by atoms with van der Waals surface area (Å²) < 4.78 is 18.0. The second-order valence-corrected chi connectivity index (χ2v) is 2.55. The van der Waals surface area contributed by atoms with Crippen LogP contribution in [0.4, 0.5) is 4.39 Å². The average Bonchev–Trinajstić information content (AvgIpc) is 2.16. The molecule has 13 heavy (non-hydrogen) atoms. The first-order valence-electron chi connectivity index (χ1n) is 4.14. The Hall–Kier alpha value is -1.38. The molecule has 0 radical (unpaired) electrons. The molecule has 0 fully saturated rings. The number of hydrogen-bond donors (Lipinski definition) is 0. The Balaban J connectivity index is 2.91. The second kappa shape index (κ2) is 4.60. The molecule has 2 nitrogen and oxygen atoms in total. The summed E-state index contributed by atoms with van der Waals surface area (Å²) in [6.45, 7) is 1.98. The van der Waals surface area contributed by atoms with Crippen LogP contribution in [0.25, 0.3) is 6.08 Å². The maximum absolute atomic E-state index is 13.2. The van der Waals surface area contributed by atoms with Gasteiger partial charge in [-0.3, -0.25) is 0 Å². The van der Waals surface area contributed by atoms with Crippen molar-refractivity contribution in [3.8, 4) is 5.75 Å². The van der Waals surface area contributed by atoms with Crippen molar-refractivity contribution in [1.29, 1.82) is 0 Å². The number of halogens is 1. The molecule has 0 saturated carbocycles. The van der Waals surface area contributed by atoms with Crippen LogP contribution in [-0.2, 0) is 0 Å². The lowest BCUT2D eigenvalue weighted by molar-refractivity contribution is 0.408. The summed E-state index contributed by atoms with van der Waals surface area (Å²) >= 11 is 0. The number of aromatic nitrogens is 1. The predicted octanol–water partition coefficient (Wildman–Crippen LogP) is 2.65. The summed E-state index contributed by atoms with van der Waals surface area (Å²) in [5.74, 6) is 0.0789. The maximum atomic E-state index is 13.2. The molecule has 1 rings (SSSR count). The summed E-state index contributed by atoms with van der Waals surface area (Å²) in [6.07, 6.45) is 5.89. The van der Waals surface area contributed by atoms with Crippen LogP contribution in [0.15, 0.2) is 18.3 Å². The van der Waals surface area contributed by atoms with Crippen LogP contribution in [0, 0.1) is 5.82 Å². The molecule has 0 N–H and O–H groups in total. The fourth-order valence-electron chi connectivity index (χ4n) is 0.895. The number of methoxy groups -OCH3 is 1. The van der Waals surface area contributed by atoms with Crippen molar-refractivity contribution in [2.45, 2.75) is 13.3 Å². The van der Waals surface area contributed by atoms with E-state index in [4.69, 9.17) is 4.74 Å². The zero-order valence-electron chi connectivity index (χ0n) is 7.75. The Kier molecular flexibility index (Phi) is 3.43. The Labute approximate surface area is 77.1 Å². The number of rotatable bonds is 3. The third kappa shape index (κ3) is 2.54. The second-order valence-electron chi connectivity index (χ2n) is 2.55. The van der Waals surface area contributed by atoms with Gasteiger partial charge in [-0.15, -0.1) is 0 Å². The molecule has 0 spiro atoms. The van der Waals surface area contributed by atoms with Crippen molar-refractivity contribution in [2.24, 2.45) is 0 Å². The molecule has 0 aliphatic rings. The fraction of sp³-hybridized carbons (Fsp3) is 0.300. The van der Waals surface area contributed by atoms with Gasteiger partial charge in [-0.2, -0.15) is 0 Å². The summed E-state index contributed by atoms with van der Waals surface area (Å²) in [5.41, 5.74) is 0.350. The van der Waals surface area contributed by atoms with E-state index in [-0.39, 0.29) is 5.82 Å². The standard InChI is InChI=1S/C10H12FNO/c1-3-4-5-10-9(11)6-8(13-2)7-12-10/h4-7H,3H2,1-2H3/b5-4+. The van der Waals surface area contributed by atoms with Gasteiger partial charge in [0.1, 0.15) is 5.75 Å². The van der Waals surface area contributed by atoms with E-state index in [9.17, 15) is 4.39 Å². The fourth-order valence-corrected chi connectivity index (χ4v) is 0.895. The van der Waals surface area contributed by atoms with Crippen molar-refractivity contribution in [1.82, 2.24) is 4.98 Å². The molecule has 70 valence electrons. The number of allylic oxidation sites excluding steroid dienone is 1. The molecule has 0 aliphatic heterocycles. The van der Waals surface area contributed by atoms with Gasteiger partial charge in [0.05, 0.1) is 19.0 Å². The molecule has 3 heteroatoms. The van der Waals surface area contributed by atoms with Crippen LogP contribution >= 0.6 is 0 Å². The van der Waals surface area contributed by atoms with Crippen LogP contribution in [0.5, 0.6) is 5.75 Å². The third-order valence-electron chi connectivity index (χ3n) is 1.59. The zero-order valence-corrected chi connectivity index (χ0v) is 7.75. The van der Waals surface area contributed by atoms with E-state index in [1.807, 2.05) is 13.0 Å². The first kappa shape index (κ1) is 9.71. The van der Waals surface area contributed by atoms with Crippen LogP contribution in [0.3, 0.4) is 0 Å². The van der Waals surface area contributed by atoms with Crippen LogP contribution in [0.2, 0.25) is 0 Å². The summed E-state index contributed by atoms with van der Waals surface area (Å²) in [6, 6.07) is 1.32. The number of hydrogen-bond acceptors (Lipinski definition) is 2. The van der Waals surface area contributed by atoms with Crippen molar-refractivity contribution >= 4 is 6.08 Å². The Bertz CT molecular complexity index is 310. The topological polar surface area (TPSA) is 22.1 Å². The maximum Gasteiger partial charge on any atom is 0.152 e. The Morgan fingerprint density at radius 1 is 1.62 bits per heavy atom. The van der Waals surface area contributed by atoms with Gasteiger partial charge in [-0.25, -0.2) is 9.37 Å². The largest absolute Gasteiger partial charge is 0.495 e. The van der Waals surface area contributed by atoms with Gasteiger partial charge >= 0.3 is 0 Å². The summed E-state index contributed by atoms with van der Waals surface area (Å²) in [5, 5.41) is 0. The average molecular weight is 181 g/mol. The van der Waals surface area contributed by atoms with Gasteiger partial charge in [-0.05, 0) is 12.5 Å². The minimum absolute atomic E-state index is 0.350. The monoisotopic (exact) mass is 181 g/mol. The molecule has 0 saturated heterocycles. The molecule has 0 aliphatic carbocycles. The predicted molar refractivity (Wildman–Crippen MR) is 50.1 cm³/mol. The van der Waals surface area contributed by atoms with Gasteiger partial charge in [-0.1, -0.05) is 13.0 Å². The highest BCUT2D eigenvalue weighted by molar-refractivity contribution is 5.46. The molecule has 0 unspecified atom stereocenters. The minimum atomic E-state index is -0.357. The van der Waals surface area contributed by atoms with Crippen LogP contribution < -0.4 is 4.74 Å². The van der Waals surface area contributed by atoms with E-state index in [0.717, 1.165) is 6.42 Å². The lowest BCUT2D eigenvalue weighted by atomic mass is 10.3. The van der Waals surface area contributed by atoms with Crippen molar-refractivity contribution in [2.75, 3.05) is 7.11 Å². The smallest absolute Gasteiger partial charge is 0.152 e. The molecule has 0 aromatic carbocycles. The van der Waals surface area contributed by atoms with E-state index in [0.29, 0.717) is 11.4 Å². The Morgan fingerprint density at radius 3 is 2.92 bits per heavy atom. The minimum Gasteiger partial charge on any atom is -0.495 e. The Morgan fingerprint density at radius 2 is 2.38 bits per heavy atom. The van der Waals surface area contributed by atoms with Crippen molar-refractivity contribution in [3.63, 3.8) is 0 Å². The zero-order chi connectivity index (χ0) is 9.68. The van der Waals surface area contributed by atoms with Gasteiger partial charge in [0.2, 0.25) is 0 Å². The highest BCUT2D eigenvalue weighted by Gasteiger charge is 2.01. The lowest BCUT2D eigenvalue weighted by Gasteiger charge is -2.00. The van der Waals surface area contributed by atoms with Crippen LogP contribution in [-0.4, -0.2) is 12.1 Å². The van der Waals surface area contributed by atoms with Crippen molar-refractivity contribution < 1.29 is 9.13 Å². The van der Waals surface area contributed by atoms with E-state index >= 15 is 0 Å². The normalized spacial score (nSPS) is 10.7. The highest BCUT2D eigenvalue weighted by Crippen LogP contribution is 2.14. The van der Waals surface area contributed by atoms with Crippen molar-refractivity contribution in [3.05, 3.63) is 29.9 Å². The van der Waals surface area contributed by atoms with Crippen LogP contribution in [0.1, 0.15) is 19.0 Å². The lowest BCUT2D eigenvalue weighted by Crippen LogP contribution is -1.90. The molecule has 0 amide bonds. The first-order valence-corrected chi connectivity index (χ1v) is 4.14. The van der Waals surface area contributed by atoms with E-state index in [2.05, 4.69) is 4.98 Å². The molecule has 1 aromatic heterocycles. The molecular formula is C10H12FNO.